The zero-order valence-corrected chi connectivity index (χ0v) is 15.1. The van der Waals surface area contributed by atoms with Gasteiger partial charge in [-0.25, -0.2) is 0 Å². The number of nitrogens with one attached hydrogen (secondary N) is 1. The predicted octanol–water partition coefficient (Wildman–Crippen LogP) is 3.41. The fourth-order valence-corrected chi connectivity index (χ4v) is 2.90. The third kappa shape index (κ3) is 3.98. The Bertz CT molecular complexity index is 753. The summed E-state index contributed by atoms with van der Waals surface area (Å²) in [6, 6.07) is 6.94. The van der Waals surface area contributed by atoms with E-state index in [1.807, 2.05) is 6.07 Å². The molecule has 0 aliphatic carbocycles. The Morgan fingerprint density at radius 2 is 2.17 bits per heavy atom. The fourth-order valence-electron chi connectivity index (χ4n) is 2.65. The zero-order chi connectivity index (χ0) is 16.4. The number of anilines is 1. The van der Waals surface area contributed by atoms with Crippen LogP contribution in [0.5, 0.6) is 5.75 Å². The summed E-state index contributed by atoms with van der Waals surface area (Å²) in [5.41, 5.74) is 3.43. The molecule has 1 amide bonds. The predicted molar refractivity (Wildman–Crippen MR) is 97.5 cm³/mol. The van der Waals surface area contributed by atoms with Gasteiger partial charge in [0.05, 0.1) is 24.0 Å². The van der Waals surface area contributed by atoms with E-state index in [1.54, 1.807) is 24.4 Å². The molecule has 0 fully saturated rings. The number of methoxy groups -OCH3 is 1. The van der Waals surface area contributed by atoms with Gasteiger partial charge in [0, 0.05) is 30.8 Å². The summed E-state index contributed by atoms with van der Waals surface area (Å²) in [6.07, 6.45) is 2.64. The summed E-state index contributed by atoms with van der Waals surface area (Å²) < 4.78 is 5.09. The molecule has 1 aromatic heterocycles. The normalized spacial score (nSPS) is 13.6. The van der Waals surface area contributed by atoms with Gasteiger partial charge in [0.15, 0.2) is 0 Å². The van der Waals surface area contributed by atoms with Crippen molar-refractivity contribution in [2.75, 3.05) is 26.0 Å². The Kier molecular flexibility index (Phi) is 6.04. The monoisotopic (exact) mass is 367 g/mol. The van der Waals surface area contributed by atoms with Crippen molar-refractivity contribution < 1.29 is 9.53 Å². The quantitative estimate of drug-likeness (QED) is 0.902. The van der Waals surface area contributed by atoms with Gasteiger partial charge in [-0.15, -0.1) is 12.4 Å². The van der Waals surface area contributed by atoms with Gasteiger partial charge in [0.25, 0.3) is 5.91 Å². The summed E-state index contributed by atoms with van der Waals surface area (Å²) in [4.78, 5) is 19.0. The summed E-state index contributed by atoms with van der Waals surface area (Å²) in [5.74, 6) is 0.321. The van der Waals surface area contributed by atoms with Crippen molar-refractivity contribution in [3.05, 3.63) is 52.3 Å². The third-order valence-electron chi connectivity index (χ3n) is 3.90. The van der Waals surface area contributed by atoms with Crippen LogP contribution in [0.25, 0.3) is 0 Å². The molecule has 1 aliphatic rings. The maximum atomic E-state index is 12.3. The first-order valence-electron chi connectivity index (χ1n) is 7.38. The second-order valence-electron chi connectivity index (χ2n) is 5.62. The lowest BCUT2D eigenvalue weighted by Gasteiger charge is -2.24. The number of ether oxygens (including phenoxy) is 1. The van der Waals surface area contributed by atoms with E-state index >= 15 is 0 Å². The Labute approximate surface area is 152 Å². The van der Waals surface area contributed by atoms with E-state index < -0.39 is 0 Å². The zero-order valence-electron chi connectivity index (χ0n) is 13.5. The summed E-state index contributed by atoms with van der Waals surface area (Å²) >= 11 is 6.06. The van der Waals surface area contributed by atoms with Gasteiger partial charge in [-0.05, 0) is 36.9 Å². The Morgan fingerprint density at radius 3 is 2.88 bits per heavy atom. The maximum absolute atomic E-state index is 12.3. The van der Waals surface area contributed by atoms with Crippen LogP contribution < -0.4 is 10.1 Å². The van der Waals surface area contributed by atoms with Crippen LogP contribution >= 0.6 is 24.0 Å². The number of rotatable bonds is 3. The summed E-state index contributed by atoms with van der Waals surface area (Å²) in [7, 11) is 3.62. The van der Waals surface area contributed by atoms with Gasteiger partial charge in [0.1, 0.15) is 5.75 Å². The molecule has 2 heterocycles. The van der Waals surface area contributed by atoms with Gasteiger partial charge in [-0.3, -0.25) is 9.78 Å². The number of carbonyl (C=O) groups is 1. The molecule has 0 bridgehead atoms. The minimum Gasteiger partial charge on any atom is -0.495 e. The van der Waals surface area contributed by atoms with Crippen molar-refractivity contribution in [1.29, 1.82) is 0 Å². The van der Waals surface area contributed by atoms with Crippen molar-refractivity contribution in [1.82, 2.24) is 9.88 Å². The number of amides is 1. The number of carbonyl (C=O) groups excluding carboxylic acids is 1. The lowest BCUT2D eigenvalue weighted by atomic mass is 10.1. The highest BCUT2D eigenvalue weighted by Gasteiger charge is 2.16. The lowest BCUT2D eigenvalue weighted by molar-refractivity contribution is 0.102. The largest absolute Gasteiger partial charge is 0.495 e. The SMILES string of the molecule is COc1ccc(C(=O)Nc2cnc3c(c2)CN(C)CC3)cc1Cl.Cl. The number of pyridine rings is 1. The molecule has 24 heavy (non-hydrogen) atoms. The van der Waals surface area contributed by atoms with Gasteiger partial charge in [0.2, 0.25) is 0 Å². The van der Waals surface area contributed by atoms with Crippen molar-refractivity contribution in [2.24, 2.45) is 0 Å². The van der Waals surface area contributed by atoms with Crippen LogP contribution in [0, 0.1) is 0 Å². The van der Waals surface area contributed by atoms with Gasteiger partial charge in [-0.1, -0.05) is 11.6 Å². The molecule has 2 aromatic rings. The van der Waals surface area contributed by atoms with Gasteiger partial charge >= 0.3 is 0 Å². The fraction of sp³-hybridized carbons (Fsp3) is 0.294. The van der Waals surface area contributed by atoms with E-state index in [-0.39, 0.29) is 18.3 Å². The first-order valence-corrected chi connectivity index (χ1v) is 7.76. The molecular weight excluding hydrogens is 349 g/mol. The summed E-state index contributed by atoms with van der Waals surface area (Å²) in [6.45, 7) is 1.86. The minimum absolute atomic E-state index is 0. The smallest absolute Gasteiger partial charge is 0.255 e. The first-order chi connectivity index (χ1) is 11.1. The van der Waals surface area contributed by atoms with Crippen LogP contribution in [0.4, 0.5) is 5.69 Å². The van der Waals surface area contributed by atoms with Crippen molar-refractivity contribution >= 4 is 35.6 Å². The Morgan fingerprint density at radius 1 is 1.38 bits per heavy atom. The van der Waals surface area contributed by atoms with Crippen LogP contribution in [0.3, 0.4) is 0 Å². The van der Waals surface area contributed by atoms with E-state index in [0.29, 0.717) is 22.0 Å². The van der Waals surface area contributed by atoms with E-state index in [2.05, 4.69) is 22.2 Å². The maximum Gasteiger partial charge on any atom is 0.255 e. The van der Waals surface area contributed by atoms with Gasteiger partial charge in [-0.2, -0.15) is 0 Å². The second-order valence-corrected chi connectivity index (χ2v) is 6.03. The topological polar surface area (TPSA) is 54.5 Å². The van der Waals surface area contributed by atoms with E-state index in [4.69, 9.17) is 16.3 Å². The first kappa shape index (κ1) is 18.5. The molecule has 1 N–H and O–H groups in total. The number of hydrogen-bond donors (Lipinski definition) is 1. The number of aromatic nitrogens is 1. The average molecular weight is 368 g/mol. The highest BCUT2D eigenvalue weighted by atomic mass is 35.5. The standard InChI is InChI=1S/C17H18ClN3O2.ClH/c1-21-6-5-15-12(10-21)7-13(9-19-15)20-17(22)11-3-4-16(23-2)14(18)8-11;/h3-4,7-9H,5-6,10H2,1-2H3,(H,20,22);1H. The van der Waals surface area contributed by atoms with Crippen molar-refractivity contribution in [3.8, 4) is 5.75 Å². The number of nitrogens with zero attached hydrogens (tertiary/aromatic N) is 2. The van der Waals surface area contributed by atoms with E-state index in [0.717, 1.165) is 30.8 Å². The molecule has 128 valence electrons. The van der Waals surface area contributed by atoms with Crippen LogP contribution in [0.15, 0.2) is 30.5 Å². The molecule has 0 spiro atoms. The molecule has 3 rings (SSSR count). The highest BCUT2D eigenvalue weighted by Crippen LogP contribution is 2.25. The molecule has 0 saturated carbocycles. The molecule has 5 nitrogen and oxygen atoms in total. The number of benzene rings is 1. The Balaban J connectivity index is 0.00000208. The summed E-state index contributed by atoms with van der Waals surface area (Å²) in [5, 5.41) is 3.28. The van der Waals surface area contributed by atoms with Crippen molar-refractivity contribution in [3.63, 3.8) is 0 Å². The molecular formula is C17H19Cl2N3O2. The molecule has 7 heteroatoms. The number of likely N-dealkylation sites (N-methyl/N-ethyl adjacent to an activating group) is 1. The third-order valence-corrected chi connectivity index (χ3v) is 4.20. The molecule has 1 aliphatic heterocycles. The highest BCUT2D eigenvalue weighted by molar-refractivity contribution is 6.32. The minimum atomic E-state index is -0.222. The van der Waals surface area contributed by atoms with E-state index in [1.165, 1.54) is 7.11 Å². The second kappa shape index (κ2) is 7.83. The van der Waals surface area contributed by atoms with E-state index in [9.17, 15) is 4.79 Å². The molecule has 0 unspecified atom stereocenters. The number of fused-ring (bicyclic) bond motifs is 1. The number of hydrogen-bond acceptors (Lipinski definition) is 4. The van der Waals surface area contributed by atoms with Crippen molar-refractivity contribution in [2.45, 2.75) is 13.0 Å². The van der Waals surface area contributed by atoms with Crippen LogP contribution in [0.1, 0.15) is 21.6 Å². The molecule has 1 aromatic carbocycles. The van der Waals surface area contributed by atoms with Gasteiger partial charge < -0.3 is 15.0 Å². The average Bonchev–Trinajstić information content (AvgIpc) is 2.54. The number of halogens is 2. The molecule has 0 atom stereocenters. The molecule has 0 saturated heterocycles. The Hall–Kier alpha value is -1.82. The van der Waals surface area contributed by atoms with Crippen LogP contribution in [-0.2, 0) is 13.0 Å². The molecule has 0 radical (unpaired) electrons. The lowest BCUT2D eigenvalue weighted by Crippen LogP contribution is -2.27. The van der Waals surface area contributed by atoms with Crippen LogP contribution in [-0.4, -0.2) is 36.5 Å². The van der Waals surface area contributed by atoms with Crippen LogP contribution in [0.2, 0.25) is 5.02 Å².